The Labute approximate surface area is 171 Å². The molecule has 2 aromatic carbocycles. The van der Waals surface area contributed by atoms with Gasteiger partial charge in [-0.3, -0.25) is 9.10 Å². The molecule has 29 heavy (non-hydrogen) atoms. The van der Waals surface area contributed by atoms with E-state index in [-0.39, 0.29) is 36.4 Å². The zero-order valence-corrected chi connectivity index (χ0v) is 17.6. The lowest BCUT2D eigenvalue weighted by Crippen LogP contribution is -2.34. The summed E-state index contributed by atoms with van der Waals surface area (Å²) >= 11 is 0. The summed E-state index contributed by atoms with van der Waals surface area (Å²) in [5.41, 5.74) is 1.80. The number of carbonyl (C=O) groups is 2. The summed E-state index contributed by atoms with van der Waals surface area (Å²) < 4.78 is 37.2. The fourth-order valence-electron chi connectivity index (χ4n) is 2.88. The lowest BCUT2D eigenvalue weighted by Gasteiger charge is -2.26. The van der Waals surface area contributed by atoms with Gasteiger partial charge in [-0.1, -0.05) is 42.0 Å². The molecule has 0 bridgehead atoms. The Morgan fingerprint density at radius 2 is 1.69 bits per heavy atom. The standard InChI is InChI=1S/C21H25NO6S/c1-16-11-12-19(18(14-16)21(24)28-3)22(13-7-10-20(23)27-2)29(25,26)15-17-8-5-4-6-9-17/h4-6,8-9,11-12,14H,7,10,13,15H2,1-3H3. The van der Waals surface area contributed by atoms with Gasteiger partial charge in [0.25, 0.3) is 0 Å². The number of hydrogen-bond donors (Lipinski definition) is 0. The predicted octanol–water partition coefficient (Wildman–Crippen LogP) is 3.07. The molecule has 8 heteroatoms. The maximum Gasteiger partial charge on any atom is 0.340 e. The third-order valence-corrected chi connectivity index (χ3v) is 6.07. The summed E-state index contributed by atoms with van der Waals surface area (Å²) in [7, 11) is -1.31. The average molecular weight is 419 g/mol. The normalized spacial score (nSPS) is 11.0. The van der Waals surface area contributed by atoms with E-state index in [0.717, 1.165) is 5.56 Å². The van der Waals surface area contributed by atoms with Crippen LogP contribution in [0, 0.1) is 6.92 Å². The van der Waals surface area contributed by atoms with Crippen LogP contribution in [0.1, 0.15) is 34.3 Å². The lowest BCUT2D eigenvalue weighted by molar-refractivity contribution is -0.140. The first-order valence-corrected chi connectivity index (χ1v) is 10.7. The minimum absolute atomic E-state index is 0.0251. The van der Waals surface area contributed by atoms with Crippen molar-refractivity contribution < 1.29 is 27.5 Å². The molecule has 2 aromatic rings. The number of ether oxygens (including phenoxy) is 2. The lowest BCUT2D eigenvalue weighted by atomic mass is 10.1. The number of aryl methyl sites for hydroxylation is 1. The number of rotatable bonds is 9. The number of nitrogens with zero attached hydrogens (tertiary/aromatic N) is 1. The summed E-state index contributed by atoms with van der Waals surface area (Å²) in [4.78, 5) is 23.8. The molecular weight excluding hydrogens is 394 g/mol. The molecule has 0 atom stereocenters. The van der Waals surface area contributed by atoms with Crippen molar-refractivity contribution in [1.82, 2.24) is 0 Å². The van der Waals surface area contributed by atoms with E-state index in [9.17, 15) is 18.0 Å². The fourth-order valence-corrected chi connectivity index (χ4v) is 4.52. The molecule has 7 nitrogen and oxygen atoms in total. The topological polar surface area (TPSA) is 90.0 Å². The quantitative estimate of drug-likeness (QED) is 0.580. The van der Waals surface area contributed by atoms with Crippen LogP contribution in [0.15, 0.2) is 48.5 Å². The Balaban J connectivity index is 2.45. The van der Waals surface area contributed by atoms with Crippen LogP contribution in [0.4, 0.5) is 5.69 Å². The minimum Gasteiger partial charge on any atom is -0.469 e. The molecule has 0 heterocycles. The Kier molecular flexibility index (Phi) is 7.78. The van der Waals surface area contributed by atoms with Crippen LogP contribution in [0.25, 0.3) is 0 Å². The highest BCUT2D eigenvalue weighted by Crippen LogP contribution is 2.27. The Bertz CT molecular complexity index is 956. The van der Waals surface area contributed by atoms with E-state index in [1.54, 1.807) is 55.5 Å². The number of hydrogen-bond acceptors (Lipinski definition) is 6. The van der Waals surface area contributed by atoms with E-state index in [2.05, 4.69) is 4.74 Å². The molecule has 0 radical (unpaired) electrons. The number of methoxy groups -OCH3 is 2. The SMILES string of the molecule is COC(=O)CCCN(c1ccc(C)cc1C(=O)OC)S(=O)(=O)Cc1ccccc1. The molecule has 0 N–H and O–H groups in total. The van der Waals surface area contributed by atoms with Gasteiger partial charge < -0.3 is 9.47 Å². The van der Waals surface area contributed by atoms with Crippen molar-refractivity contribution in [2.24, 2.45) is 0 Å². The summed E-state index contributed by atoms with van der Waals surface area (Å²) in [5.74, 6) is -1.29. The molecule has 0 aliphatic carbocycles. The Morgan fingerprint density at radius 3 is 2.31 bits per heavy atom. The van der Waals surface area contributed by atoms with E-state index in [0.29, 0.717) is 5.56 Å². The van der Waals surface area contributed by atoms with Crippen molar-refractivity contribution in [2.45, 2.75) is 25.5 Å². The van der Waals surface area contributed by atoms with Gasteiger partial charge in [0.2, 0.25) is 10.0 Å². The number of sulfonamides is 1. The van der Waals surface area contributed by atoms with Gasteiger partial charge >= 0.3 is 11.9 Å². The number of anilines is 1. The molecule has 0 saturated heterocycles. The maximum absolute atomic E-state index is 13.3. The van der Waals surface area contributed by atoms with Crippen LogP contribution in [0.3, 0.4) is 0 Å². The van der Waals surface area contributed by atoms with Crippen LogP contribution >= 0.6 is 0 Å². The van der Waals surface area contributed by atoms with Gasteiger partial charge in [-0.05, 0) is 31.0 Å². The van der Waals surface area contributed by atoms with Crippen molar-refractivity contribution in [1.29, 1.82) is 0 Å². The first kappa shape index (κ1) is 22.4. The molecule has 0 aliphatic rings. The van der Waals surface area contributed by atoms with Crippen molar-refractivity contribution >= 4 is 27.6 Å². The van der Waals surface area contributed by atoms with Gasteiger partial charge in [-0.15, -0.1) is 0 Å². The molecule has 2 rings (SSSR count). The second kappa shape index (κ2) is 10.1. The van der Waals surface area contributed by atoms with E-state index >= 15 is 0 Å². The van der Waals surface area contributed by atoms with Crippen molar-refractivity contribution in [3.63, 3.8) is 0 Å². The number of esters is 2. The van der Waals surface area contributed by atoms with Gasteiger partial charge in [0.1, 0.15) is 0 Å². The van der Waals surface area contributed by atoms with E-state index in [4.69, 9.17) is 4.74 Å². The van der Waals surface area contributed by atoms with E-state index in [1.807, 2.05) is 0 Å². The molecule has 0 aromatic heterocycles. The zero-order valence-electron chi connectivity index (χ0n) is 16.8. The summed E-state index contributed by atoms with van der Waals surface area (Å²) in [6.45, 7) is 1.83. The van der Waals surface area contributed by atoms with Crippen LogP contribution in [-0.4, -0.2) is 41.1 Å². The fraction of sp³-hybridized carbons (Fsp3) is 0.333. The van der Waals surface area contributed by atoms with Crippen LogP contribution in [0.2, 0.25) is 0 Å². The van der Waals surface area contributed by atoms with Crippen molar-refractivity contribution in [2.75, 3.05) is 25.1 Å². The van der Waals surface area contributed by atoms with Crippen molar-refractivity contribution in [3.8, 4) is 0 Å². The molecule has 0 spiro atoms. The first-order chi connectivity index (χ1) is 13.8. The molecule has 0 saturated carbocycles. The summed E-state index contributed by atoms with van der Waals surface area (Å²) in [6.07, 6.45) is 0.308. The monoisotopic (exact) mass is 419 g/mol. The van der Waals surface area contributed by atoms with Crippen LogP contribution < -0.4 is 4.31 Å². The van der Waals surface area contributed by atoms with Crippen LogP contribution in [0.5, 0.6) is 0 Å². The Morgan fingerprint density at radius 1 is 1.00 bits per heavy atom. The van der Waals surface area contributed by atoms with Gasteiger partial charge in [0.15, 0.2) is 0 Å². The zero-order chi connectivity index (χ0) is 21.4. The average Bonchev–Trinajstić information content (AvgIpc) is 2.71. The third-order valence-electron chi connectivity index (χ3n) is 4.32. The molecule has 156 valence electrons. The van der Waals surface area contributed by atoms with E-state index < -0.39 is 22.0 Å². The molecular formula is C21H25NO6S. The smallest absolute Gasteiger partial charge is 0.340 e. The third kappa shape index (κ3) is 6.05. The second-order valence-corrected chi connectivity index (χ2v) is 8.40. The Hall–Kier alpha value is -2.87. The number of benzene rings is 2. The van der Waals surface area contributed by atoms with Gasteiger partial charge in [-0.25, -0.2) is 13.2 Å². The van der Waals surface area contributed by atoms with Gasteiger partial charge in [0, 0.05) is 13.0 Å². The number of carbonyl (C=O) groups excluding carboxylic acids is 2. The molecule has 0 aliphatic heterocycles. The highest BCUT2D eigenvalue weighted by molar-refractivity contribution is 7.92. The predicted molar refractivity (Wildman–Crippen MR) is 110 cm³/mol. The van der Waals surface area contributed by atoms with Crippen molar-refractivity contribution in [3.05, 3.63) is 65.2 Å². The molecule has 0 fully saturated rings. The first-order valence-electron chi connectivity index (χ1n) is 9.08. The minimum atomic E-state index is -3.84. The largest absolute Gasteiger partial charge is 0.469 e. The van der Waals surface area contributed by atoms with Crippen LogP contribution in [-0.2, 0) is 30.0 Å². The molecule has 0 unspecified atom stereocenters. The highest BCUT2D eigenvalue weighted by atomic mass is 32.2. The van der Waals surface area contributed by atoms with E-state index in [1.165, 1.54) is 18.5 Å². The van der Waals surface area contributed by atoms with Gasteiger partial charge in [-0.2, -0.15) is 0 Å². The summed E-state index contributed by atoms with van der Waals surface area (Å²) in [5, 5.41) is 0. The van der Waals surface area contributed by atoms with Gasteiger partial charge in [0.05, 0.1) is 31.2 Å². The second-order valence-electron chi connectivity index (χ2n) is 6.51. The summed E-state index contributed by atoms with van der Waals surface area (Å²) in [6, 6.07) is 13.7. The highest BCUT2D eigenvalue weighted by Gasteiger charge is 2.27. The molecule has 0 amide bonds. The maximum atomic E-state index is 13.3.